The molecule has 2 atom stereocenters. The number of hydrogen-bond acceptors (Lipinski definition) is 5. The zero-order valence-corrected chi connectivity index (χ0v) is 24.6. The lowest BCUT2D eigenvalue weighted by Crippen LogP contribution is -2.42. The summed E-state index contributed by atoms with van der Waals surface area (Å²) in [7, 11) is -1.47. The average Bonchev–Trinajstić information content (AvgIpc) is 3.45. The summed E-state index contributed by atoms with van der Waals surface area (Å²) in [5.74, 6) is 0. The Hall–Kier alpha value is -4.60. The van der Waals surface area contributed by atoms with Gasteiger partial charge in [-0.05, 0) is 72.4 Å². The SMILES string of the molecule is Cn1c(=O)n(-c2ccc(C3=C[C@@H]4CC[C@H](C3)N4S(C)(=O)=O)cc2)c2c3cc(-c4cnc5ccccc5c4)ccc3ncc21. The first-order valence-electron chi connectivity index (χ1n) is 14.4. The highest BCUT2D eigenvalue weighted by Gasteiger charge is 2.41. The first kappa shape index (κ1) is 26.1. The van der Waals surface area contributed by atoms with Crippen molar-refractivity contribution in [2.75, 3.05) is 6.26 Å². The Bertz CT molecular complexity index is 2300. The fraction of sp³-hybridized carbons (Fsp3) is 0.206. The molecule has 3 aromatic heterocycles. The van der Waals surface area contributed by atoms with Crippen LogP contribution in [0, 0.1) is 0 Å². The molecule has 2 aliphatic rings. The zero-order chi connectivity index (χ0) is 29.5. The molecular weight excluding hydrogens is 558 g/mol. The second kappa shape index (κ2) is 9.45. The highest BCUT2D eigenvalue weighted by molar-refractivity contribution is 7.88. The van der Waals surface area contributed by atoms with Crippen molar-refractivity contribution in [3.63, 3.8) is 0 Å². The number of nitrogens with zero attached hydrogens (tertiary/aromatic N) is 5. The third kappa shape index (κ3) is 4.14. The maximum atomic E-state index is 13.7. The van der Waals surface area contributed by atoms with Gasteiger partial charge in [0.25, 0.3) is 0 Å². The molecule has 214 valence electrons. The number of para-hydroxylation sites is 1. The van der Waals surface area contributed by atoms with E-state index in [1.807, 2.05) is 60.8 Å². The number of fused-ring (bicyclic) bond motifs is 6. The van der Waals surface area contributed by atoms with Crippen molar-refractivity contribution >= 4 is 48.4 Å². The summed E-state index contributed by atoms with van der Waals surface area (Å²) in [4.78, 5) is 23.0. The predicted molar refractivity (Wildman–Crippen MR) is 171 cm³/mol. The first-order valence-corrected chi connectivity index (χ1v) is 16.3. The molecule has 8 rings (SSSR count). The molecule has 1 saturated heterocycles. The van der Waals surface area contributed by atoms with Gasteiger partial charge in [0.15, 0.2) is 0 Å². The largest absolute Gasteiger partial charge is 0.333 e. The molecule has 1 fully saturated rings. The van der Waals surface area contributed by atoms with E-state index in [1.165, 1.54) is 6.26 Å². The van der Waals surface area contributed by atoms with Crippen LogP contribution in [0.1, 0.15) is 24.8 Å². The van der Waals surface area contributed by atoms with Crippen LogP contribution < -0.4 is 5.69 Å². The van der Waals surface area contributed by atoms with Gasteiger partial charge < -0.3 is 0 Å². The summed E-state index contributed by atoms with van der Waals surface area (Å²) in [6.45, 7) is 0. The molecule has 3 aromatic carbocycles. The van der Waals surface area contributed by atoms with Crippen LogP contribution in [-0.4, -0.2) is 50.2 Å². The quantitative estimate of drug-likeness (QED) is 0.265. The maximum Gasteiger partial charge on any atom is 0.333 e. The van der Waals surface area contributed by atoms with Gasteiger partial charge in [-0.1, -0.05) is 42.5 Å². The molecule has 6 aromatic rings. The van der Waals surface area contributed by atoms with Crippen molar-refractivity contribution in [3.05, 3.63) is 107 Å². The summed E-state index contributed by atoms with van der Waals surface area (Å²) in [6, 6.07) is 24.3. The maximum absolute atomic E-state index is 13.7. The molecule has 0 aliphatic carbocycles. The Balaban J connectivity index is 1.23. The normalized spacial score (nSPS) is 19.0. The number of aryl methyl sites for hydroxylation is 1. The summed E-state index contributed by atoms with van der Waals surface area (Å²) in [5.41, 5.74) is 8.14. The number of pyridine rings is 2. The van der Waals surface area contributed by atoms with Gasteiger partial charge in [0.05, 0.1) is 40.2 Å². The van der Waals surface area contributed by atoms with Crippen molar-refractivity contribution in [3.8, 4) is 16.8 Å². The molecule has 8 nitrogen and oxygen atoms in total. The van der Waals surface area contributed by atoms with Gasteiger partial charge in [-0.2, -0.15) is 4.31 Å². The Kier molecular flexibility index (Phi) is 5.73. The lowest BCUT2D eigenvalue weighted by molar-refractivity contribution is 0.348. The van der Waals surface area contributed by atoms with Crippen LogP contribution in [0.5, 0.6) is 0 Å². The molecule has 2 aliphatic heterocycles. The van der Waals surface area contributed by atoms with Crippen LogP contribution >= 0.6 is 0 Å². The van der Waals surface area contributed by atoms with Gasteiger partial charge in [-0.25, -0.2) is 13.2 Å². The minimum Gasteiger partial charge on any atom is -0.293 e. The monoisotopic (exact) mass is 587 g/mol. The first-order chi connectivity index (χ1) is 20.8. The third-order valence-corrected chi connectivity index (χ3v) is 10.4. The lowest BCUT2D eigenvalue weighted by Gasteiger charge is -2.32. The topological polar surface area (TPSA) is 90.1 Å². The lowest BCUT2D eigenvalue weighted by atomic mass is 9.96. The fourth-order valence-electron chi connectivity index (χ4n) is 6.99. The van der Waals surface area contributed by atoms with Crippen LogP contribution in [0.15, 0.2) is 96.1 Å². The van der Waals surface area contributed by atoms with Crippen LogP contribution in [0.2, 0.25) is 0 Å². The predicted octanol–water partition coefficient (Wildman–Crippen LogP) is 5.67. The summed E-state index contributed by atoms with van der Waals surface area (Å²) < 4.78 is 29.7. The Labute approximate surface area is 248 Å². The number of sulfonamides is 1. The van der Waals surface area contributed by atoms with E-state index in [4.69, 9.17) is 0 Å². The second-order valence-electron chi connectivity index (χ2n) is 11.7. The van der Waals surface area contributed by atoms with E-state index in [-0.39, 0.29) is 17.8 Å². The highest BCUT2D eigenvalue weighted by Crippen LogP contribution is 2.40. The molecule has 0 spiro atoms. The van der Waals surface area contributed by atoms with E-state index in [9.17, 15) is 13.2 Å². The van der Waals surface area contributed by atoms with Gasteiger partial charge >= 0.3 is 5.69 Å². The molecule has 0 N–H and O–H groups in total. The van der Waals surface area contributed by atoms with Crippen LogP contribution in [0.3, 0.4) is 0 Å². The Morgan fingerprint density at radius 3 is 2.40 bits per heavy atom. The molecule has 43 heavy (non-hydrogen) atoms. The zero-order valence-electron chi connectivity index (χ0n) is 23.8. The van der Waals surface area contributed by atoms with Gasteiger partial charge in [-0.3, -0.25) is 19.1 Å². The molecule has 0 radical (unpaired) electrons. The van der Waals surface area contributed by atoms with E-state index < -0.39 is 10.0 Å². The van der Waals surface area contributed by atoms with Gasteiger partial charge in [0.2, 0.25) is 10.0 Å². The second-order valence-corrected chi connectivity index (χ2v) is 13.5. The molecule has 0 unspecified atom stereocenters. The Morgan fingerprint density at radius 2 is 1.60 bits per heavy atom. The van der Waals surface area contributed by atoms with Gasteiger partial charge in [0, 0.05) is 41.7 Å². The van der Waals surface area contributed by atoms with Crippen molar-refractivity contribution in [1.29, 1.82) is 0 Å². The van der Waals surface area contributed by atoms with Crippen molar-refractivity contribution in [1.82, 2.24) is 23.4 Å². The number of benzene rings is 3. The molecule has 0 saturated carbocycles. The van der Waals surface area contributed by atoms with E-state index >= 15 is 0 Å². The molecule has 9 heteroatoms. The van der Waals surface area contributed by atoms with Crippen molar-refractivity contribution in [2.45, 2.75) is 31.3 Å². The number of hydrogen-bond donors (Lipinski definition) is 0. The molecule has 5 heterocycles. The van der Waals surface area contributed by atoms with Gasteiger partial charge in [-0.15, -0.1) is 0 Å². The highest BCUT2D eigenvalue weighted by atomic mass is 32.2. The average molecular weight is 588 g/mol. The summed E-state index contributed by atoms with van der Waals surface area (Å²) in [5, 5.41) is 1.95. The molecular formula is C34H29N5O3S. The summed E-state index contributed by atoms with van der Waals surface area (Å²) in [6.07, 6.45) is 9.47. The smallest absolute Gasteiger partial charge is 0.293 e. The minimum atomic E-state index is -3.24. The van der Waals surface area contributed by atoms with Crippen LogP contribution in [0.4, 0.5) is 0 Å². The number of aromatic nitrogens is 4. The number of rotatable bonds is 4. The van der Waals surface area contributed by atoms with Crippen LogP contribution in [-0.2, 0) is 17.1 Å². The van der Waals surface area contributed by atoms with Crippen LogP contribution in [0.25, 0.3) is 55.2 Å². The molecule has 2 bridgehead atoms. The third-order valence-electron chi connectivity index (χ3n) is 9.02. The van der Waals surface area contributed by atoms with E-state index in [1.54, 1.807) is 26.7 Å². The van der Waals surface area contributed by atoms with Gasteiger partial charge in [0.1, 0.15) is 0 Å². The van der Waals surface area contributed by atoms with E-state index in [2.05, 4.69) is 34.2 Å². The van der Waals surface area contributed by atoms with Crippen molar-refractivity contribution in [2.24, 2.45) is 7.05 Å². The minimum absolute atomic E-state index is 0.00577. The molecule has 0 amide bonds. The Morgan fingerprint density at radius 1 is 0.837 bits per heavy atom. The van der Waals surface area contributed by atoms with E-state index in [0.29, 0.717) is 6.42 Å². The van der Waals surface area contributed by atoms with Crippen molar-refractivity contribution < 1.29 is 8.42 Å². The number of imidazole rings is 1. The summed E-state index contributed by atoms with van der Waals surface area (Å²) >= 11 is 0. The van der Waals surface area contributed by atoms with E-state index in [0.717, 1.165) is 73.6 Å². The standard InChI is InChI=1S/C34H29N5O3S/c1-37-32-20-36-31-14-9-22(25-15-23-5-3-4-6-30(23)35-19-25)18-29(31)33(32)38(34(37)40)26-10-7-21(8-11-26)24-16-27-12-13-28(17-24)39(27)43(2,41)42/h3-11,14-16,18-20,27-28H,12-13,17H2,1-2H3/t27-,28+/m0/s1. The fourth-order valence-corrected chi connectivity index (χ4v) is 8.37.